The number of hydrogen-bond acceptors (Lipinski definition) is 6. The van der Waals surface area contributed by atoms with E-state index in [-0.39, 0.29) is 5.91 Å². The molecule has 0 bridgehead atoms. The lowest BCUT2D eigenvalue weighted by Gasteiger charge is -2.12. The van der Waals surface area contributed by atoms with Crippen molar-refractivity contribution in [2.75, 3.05) is 26.1 Å². The molecule has 0 fully saturated rings. The Morgan fingerprint density at radius 3 is 2.49 bits per heavy atom. The van der Waals surface area contributed by atoms with Crippen molar-refractivity contribution < 1.29 is 14.3 Å². The van der Waals surface area contributed by atoms with Crippen LogP contribution in [0.25, 0.3) is 16.9 Å². The van der Waals surface area contributed by atoms with Gasteiger partial charge in [0.25, 0.3) is 5.91 Å². The summed E-state index contributed by atoms with van der Waals surface area (Å²) < 4.78 is 12.8. The Hall–Kier alpha value is -4.85. The quantitative estimate of drug-likeness (QED) is 0.296. The van der Waals surface area contributed by atoms with Crippen molar-refractivity contribution in [2.24, 2.45) is 0 Å². The number of anilines is 2. The zero-order chi connectivity index (χ0) is 25.6. The van der Waals surface area contributed by atoms with Crippen LogP contribution in [0.1, 0.15) is 15.9 Å². The monoisotopic (exact) mass is 493 g/mol. The van der Waals surface area contributed by atoms with Gasteiger partial charge < -0.3 is 20.1 Å². The molecule has 5 aromatic rings. The molecule has 0 unspecified atom stereocenters. The van der Waals surface area contributed by atoms with Gasteiger partial charge in [0.15, 0.2) is 17.1 Å². The minimum absolute atomic E-state index is 0.102. The van der Waals surface area contributed by atoms with E-state index >= 15 is 0 Å². The van der Waals surface area contributed by atoms with E-state index in [4.69, 9.17) is 14.5 Å². The second-order valence-corrected chi connectivity index (χ2v) is 8.38. The number of nitrogens with one attached hydrogen (secondary N) is 2. The molecular formula is C29H27N5O3. The van der Waals surface area contributed by atoms with Crippen molar-refractivity contribution in [1.82, 2.24) is 19.7 Å². The van der Waals surface area contributed by atoms with Gasteiger partial charge in [-0.3, -0.25) is 14.2 Å². The summed E-state index contributed by atoms with van der Waals surface area (Å²) in [6.07, 6.45) is 6.05. The molecule has 2 heterocycles. The summed E-state index contributed by atoms with van der Waals surface area (Å²) in [5, 5.41) is 6.44. The van der Waals surface area contributed by atoms with Gasteiger partial charge in [-0.2, -0.15) is 0 Å². The number of amides is 1. The first-order chi connectivity index (χ1) is 18.2. The average molecular weight is 494 g/mol. The van der Waals surface area contributed by atoms with Crippen LogP contribution in [0.15, 0.2) is 91.4 Å². The molecule has 0 saturated carbocycles. The fourth-order valence-corrected chi connectivity index (χ4v) is 4.12. The molecule has 2 N–H and O–H groups in total. The molecule has 5 rings (SSSR count). The molecule has 1 amide bonds. The van der Waals surface area contributed by atoms with Crippen LogP contribution in [0.3, 0.4) is 0 Å². The van der Waals surface area contributed by atoms with Gasteiger partial charge in [-0.15, -0.1) is 0 Å². The van der Waals surface area contributed by atoms with E-state index in [1.54, 1.807) is 38.7 Å². The largest absolute Gasteiger partial charge is 0.493 e. The van der Waals surface area contributed by atoms with Gasteiger partial charge in [0.1, 0.15) is 11.5 Å². The van der Waals surface area contributed by atoms with Crippen molar-refractivity contribution in [2.45, 2.75) is 6.42 Å². The predicted octanol–water partition coefficient (Wildman–Crippen LogP) is 5.13. The zero-order valence-corrected chi connectivity index (χ0v) is 20.6. The van der Waals surface area contributed by atoms with Crippen LogP contribution in [-0.2, 0) is 6.42 Å². The second-order valence-electron chi connectivity index (χ2n) is 8.38. The maximum Gasteiger partial charge on any atom is 0.251 e. The van der Waals surface area contributed by atoms with Crippen molar-refractivity contribution in [3.8, 4) is 22.8 Å². The number of carbonyl (C=O) groups excluding carboxylic acids is 1. The average Bonchev–Trinajstić information content (AvgIpc) is 3.31. The Balaban J connectivity index is 1.36. The van der Waals surface area contributed by atoms with Crippen molar-refractivity contribution >= 4 is 23.1 Å². The van der Waals surface area contributed by atoms with Crippen molar-refractivity contribution in [3.05, 3.63) is 103 Å². The number of methoxy groups -OCH3 is 2. The predicted molar refractivity (Wildman–Crippen MR) is 144 cm³/mol. The second kappa shape index (κ2) is 10.8. The van der Waals surface area contributed by atoms with E-state index < -0.39 is 0 Å². The molecule has 37 heavy (non-hydrogen) atoms. The topological polar surface area (TPSA) is 89.8 Å². The van der Waals surface area contributed by atoms with Crippen LogP contribution in [-0.4, -0.2) is 41.0 Å². The van der Waals surface area contributed by atoms with E-state index in [0.717, 1.165) is 29.2 Å². The maximum absolute atomic E-state index is 12.6. The van der Waals surface area contributed by atoms with Gasteiger partial charge in [-0.25, -0.2) is 4.98 Å². The Morgan fingerprint density at radius 1 is 0.946 bits per heavy atom. The van der Waals surface area contributed by atoms with Gasteiger partial charge in [-0.1, -0.05) is 30.3 Å². The Morgan fingerprint density at radius 2 is 1.73 bits per heavy atom. The Labute approximate surface area is 214 Å². The van der Waals surface area contributed by atoms with E-state index in [0.29, 0.717) is 29.3 Å². The fraction of sp³-hybridized carbons (Fsp3) is 0.138. The summed E-state index contributed by atoms with van der Waals surface area (Å²) in [7, 11) is 3.21. The minimum Gasteiger partial charge on any atom is -0.493 e. The summed E-state index contributed by atoms with van der Waals surface area (Å²) in [4.78, 5) is 21.6. The smallest absolute Gasteiger partial charge is 0.251 e. The van der Waals surface area contributed by atoms with Gasteiger partial charge in [0.2, 0.25) is 0 Å². The molecule has 0 saturated heterocycles. The molecule has 0 aliphatic carbocycles. The molecular weight excluding hydrogens is 466 g/mol. The van der Waals surface area contributed by atoms with Gasteiger partial charge >= 0.3 is 0 Å². The number of imidazole rings is 1. The third-order valence-corrected chi connectivity index (χ3v) is 6.04. The zero-order valence-electron chi connectivity index (χ0n) is 20.6. The first-order valence-electron chi connectivity index (χ1n) is 11.9. The van der Waals surface area contributed by atoms with Crippen LogP contribution in [0, 0.1) is 0 Å². The Bertz CT molecular complexity index is 1510. The number of aromatic nitrogens is 3. The molecule has 0 spiro atoms. The van der Waals surface area contributed by atoms with Crippen LogP contribution in [0.4, 0.5) is 11.5 Å². The molecule has 186 valence electrons. The van der Waals surface area contributed by atoms with Crippen LogP contribution >= 0.6 is 0 Å². The van der Waals surface area contributed by atoms with E-state index in [1.165, 1.54) is 5.56 Å². The molecule has 0 atom stereocenters. The molecule has 8 heteroatoms. The van der Waals surface area contributed by atoms with Crippen LogP contribution < -0.4 is 20.1 Å². The normalized spacial score (nSPS) is 10.8. The van der Waals surface area contributed by atoms with Gasteiger partial charge in [0, 0.05) is 35.8 Å². The number of fused-ring (bicyclic) bond motifs is 1. The standard InChI is InChI=1S/C29H27N5O3/c1-36-24-13-10-22(18-25(24)37-2)27-28(34-17-16-30-19-26(34)33-27)32-23-11-8-21(9-12-23)29(35)31-15-14-20-6-4-3-5-7-20/h3-13,16-19,32H,14-15H2,1-2H3,(H,31,35). The van der Waals surface area contributed by atoms with E-state index in [1.807, 2.05) is 59.1 Å². The lowest BCUT2D eigenvalue weighted by atomic mass is 10.1. The summed E-state index contributed by atoms with van der Waals surface area (Å²) in [5.74, 6) is 1.92. The summed E-state index contributed by atoms with van der Waals surface area (Å²) in [6, 6.07) is 23.1. The third-order valence-electron chi connectivity index (χ3n) is 6.04. The Kier molecular flexibility index (Phi) is 6.98. The summed E-state index contributed by atoms with van der Waals surface area (Å²) in [6.45, 7) is 0.577. The van der Waals surface area contributed by atoms with Crippen LogP contribution in [0.2, 0.25) is 0 Å². The lowest BCUT2D eigenvalue weighted by molar-refractivity contribution is 0.0954. The number of benzene rings is 3. The molecule has 2 aromatic heterocycles. The van der Waals surface area contributed by atoms with Crippen LogP contribution in [0.5, 0.6) is 11.5 Å². The number of carbonyl (C=O) groups is 1. The van der Waals surface area contributed by atoms with Gasteiger partial charge in [-0.05, 0) is 54.4 Å². The number of ether oxygens (including phenoxy) is 2. The number of rotatable bonds is 9. The van der Waals surface area contributed by atoms with Crippen molar-refractivity contribution in [3.63, 3.8) is 0 Å². The third kappa shape index (κ3) is 5.23. The lowest BCUT2D eigenvalue weighted by Crippen LogP contribution is -2.25. The summed E-state index contributed by atoms with van der Waals surface area (Å²) in [5.41, 5.74) is 4.90. The summed E-state index contributed by atoms with van der Waals surface area (Å²) >= 11 is 0. The van der Waals surface area contributed by atoms with E-state index in [2.05, 4.69) is 27.8 Å². The minimum atomic E-state index is -0.102. The molecule has 8 nitrogen and oxygen atoms in total. The highest BCUT2D eigenvalue weighted by molar-refractivity contribution is 5.94. The SMILES string of the molecule is COc1ccc(-c2nc3cnccn3c2Nc2ccc(C(=O)NCCc3ccccc3)cc2)cc1OC. The molecule has 0 aliphatic rings. The maximum atomic E-state index is 12.6. The highest BCUT2D eigenvalue weighted by Gasteiger charge is 2.17. The first-order valence-corrected chi connectivity index (χ1v) is 11.9. The van der Waals surface area contributed by atoms with E-state index in [9.17, 15) is 4.79 Å². The van der Waals surface area contributed by atoms with Crippen molar-refractivity contribution in [1.29, 1.82) is 0 Å². The molecule has 0 aliphatic heterocycles. The number of hydrogen-bond donors (Lipinski definition) is 2. The molecule has 3 aromatic carbocycles. The molecule has 0 radical (unpaired) electrons. The fourth-order valence-electron chi connectivity index (χ4n) is 4.12. The highest BCUT2D eigenvalue weighted by Crippen LogP contribution is 2.36. The first kappa shape index (κ1) is 23.9. The number of nitrogens with zero attached hydrogens (tertiary/aromatic N) is 3. The van der Waals surface area contributed by atoms with Gasteiger partial charge in [0.05, 0.1) is 20.4 Å². The highest BCUT2D eigenvalue weighted by atomic mass is 16.5.